The van der Waals surface area contributed by atoms with Crippen LogP contribution in [0.15, 0.2) is 18.2 Å². The Balaban J connectivity index is 2.79. The second-order valence-corrected chi connectivity index (χ2v) is 5.57. The minimum Gasteiger partial charge on any atom is -0.506 e. The molecule has 0 aliphatic carbocycles. The number of phenols is 1. The van der Waals surface area contributed by atoms with E-state index in [9.17, 15) is 15.0 Å². The standard InChI is InChI=1S/C14H22N2O4/c1-14(2,3)20-13(19)16-11-7-9(4-5-12(11)18)6-10(17)8-15/h4-5,7,10,17-18H,6,8,15H2,1-3H3,(H,16,19). The van der Waals surface area contributed by atoms with E-state index in [1.807, 2.05) is 0 Å². The van der Waals surface area contributed by atoms with Gasteiger partial charge in [-0.05, 0) is 44.9 Å². The molecule has 6 nitrogen and oxygen atoms in total. The van der Waals surface area contributed by atoms with Crippen molar-refractivity contribution >= 4 is 11.8 Å². The van der Waals surface area contributed by atoms with E-state index in [-0.39, 0.29) is 18.0 Å². The molecule has 1 atom stereocenters. The highest BCUT2D eigenvalue weighted by atomic mass is 16.6. The predicted octanol–water partition coefficient (Wildman–Crippen LogP) is 1.60. The van der Waals surface area contributed by atoms with Crippen LogP contribution in [0.4, 0.5) is 10.5 Å². The average Bonchev–Trinajstić information content (AvgIpc) is 2.30. The van der Waals surface area contributed by atoms with Crippen molar-refractivity contribution in [3.05, 3.63) is 23.8 Å². The smallest absolute Gasteiger partial charge is 0.412 e. The van der Waals surface area contributed by atoms with E-state index >= 15 is 0 Å². The van der Waals surface area contributed by atoms with E-state index in [4.69, 9.17) is 10.5 Å². The van der Waals surface area contributed by atoms with Gasteiger partial charge in [-0.3, -0.25) is 5.32 Å². The maximum Gasteiger partial charge on any atom is 0.412 e. The number of ether oxygens (including phenoxy) is 1. The molecular formula is C14H22N2O4. The van der Waals surface area contributed by atoms with Crippen molar-refractivity contribution in [3.63, 3.8) is 0 Å². The summed E-state index contributed by atoms with van der Waals surface area (Å²) in [4.78, 5) is 11.7. The Morgan fingerprint density at radius 1 is 1.45 bits per heavy atom. The number of aromatic hydroxyl groups is 1. The summed E-state index contributed by atoms with van der Waals surface area (Å²) in [6.07, 6.45) is -0.960. The molecule has 1 rings (SSSR count). The second kappa shape index (κ2) is 6.58. The Hall–Kier alpha value is -1.79. The number of carbonyl (C=O) groups is 1. The minimum atomic E-state index is -0.658. The van der Waals surface area contributed by atoms with Crippen LogP contribution in [0.25, 0.3) is 0 Å². The molecular weight excluding hydrogens is 260 g/mol. The Morgan fingerprint density at radius 2 is 2.10 bits per heavy atom. The highest BCUT2D eigenvalue weighted by Crippen LogP contribution is 2.25. The largest absolute Gasteiger partial charge is 0.506 e. The lowest BCUT2D eigenvalue weighted by Crippen LogP contribution is -2.27. The lowest BCUT2D eigenvalue weighted by atomic mass is 10.1. The number of aliphatic hydroxyl groups excluding tert-OH is 1. The maximum absolute atomic E-state index is 11.7. The molecule has 0 aliphatic rings. The quantitative estimate of drug-likeness (QED) is 0.628. The van der Waals surface area contributed by atoms with Crippen LogP contribution in [-0.4, -0.2) is 34.6 Å². The SMILES string of the molecule is CC(C)(C)OC(=O)Nc1cc(CC(O)CN)ccc1O. The van der Waals surface area contributed by atoms with Crippen molar-refractivity contribution in [1.29, 1.82) is 0 Å². The van der Waals surface area contributed by atoms with Crippen molar-refractivity contribution in [3.8, 4) is 5.75 Å². The summed E-state index contributed by atoms with van der Waals surface area (Å²) < 4.78 is 5.11. The first kappa shape index (κ1) is 16.3. The molecule has 1 amide bonds. The summed E-state index contributed by atoms with van der Waals surface area (Å²) >= 11 is 0. The van der Waals surface area contributed by atoms with Crippen LogP contribution in [0.2, 0.25) is 0 Å². The Bertz CT molecular complexity index is 469. The zero-order valence-corrected chi connectivity index (χ0v) is 12.0. The molecule has 20 heavy (non-hydrogen) atoms. The fourth-order valence-corrected chi connectivity index (χ4v) is 1.58. The molecule has 112 valence electrons. The highest BCUT2D eigenvalue weighted by Gasteiger charge is 2.17. The van der Waals surface area contributed by atoms with Gasteiger partial charge in [-0.2, -0.15) is 0 Å². The van der Waals surface area contributed by atoms with Crippen LogP contribution in [0.1, 0.15) is 26.3 Å². The number of hydrogen-bond acceptors (Lipinski definition) is 5. The molecule has 0 spiro atoms. The first-order valence-electron chi connectivity index (χ1n) is 6.41. The van der Waals surface area contributed by atoms with Crippen molar-refractivity contribution in [1.82, 2.24) is 0 Å². The molecule has 0 fully saturated rings. The lowest BCUT2D eigenvalue weighted by Gasteiger charge is -2.20. The van der Waals surface area contributed by atoms with Gasteiger partial charge in [-0.1, -0.05) is 6.07 Å². The molecule has 0 saturated carbocycles. The minimum absolute atomic E-state index is 0.0677. The molecule has 0 aliphatic heterocycles. The Labute approximate surface area is 118 Å². The van der Waals surface area contributed by atoms with E-state index in [1.54, 1.807) is 32.9 Å². The first-order chi connectivity index (χ1) is 9.21. The summed E-state index contributed by atoms with van der Waals surface area (Å²) in [6.45, 7) is 5.40. The number of anilines is 1. The number of rotatable bonds is 4. The summed E-state index contributed by atoms with van der Waals surface area (Å²) in [7, 11) is 0. The van der Waals surface area contributed by atoms with Crippen LogP contribution in [-0.2, 0) is 11.2 Å². The molecule has 0 radical (unpaired) electrons. The molecule has 6 heteroatoms. The number of aliphatic hydroxyl groups is 1. The van der Waals surface area contributed by atoms with E-state index in [2.05, 4.69) is 5.32 Å². The zero-order chi connectivity index (χ0) is 15.3. The molecule has 1 aromatic carbocycles. The van der Waals surface area contributed by atoms with Gasteiger partial charge in [0.15, 0.2) is 0 Å². The van der Waals surface area contributed by atoms with Crippen molar-refractivity contribution < 1.29 is 19.7 Å². The van der Waals surface area contributed by atoms with Crippen LogP contribution in [0.5, 0.6) is 5.75 Å². The monoisotopic (exact) mass is 282 g/mol. The van der Waals surface area contributed by atoms with E-state index in [0.29, 0.717) is 6.42 Å². The molecule has 5 N–H and O–H groups in total. The third-order valence-corrected chi connectivity index (χ3v) is 2.44. The highest BCUT2D eigenvalue weighted by molar-refractivity contribution is 5.87. The topological polar surface area (TPSA) is 105 Å². The van der Waals surface area contributed by atoms with Crippen molar-refractivity contribution in [2.24, 2.45) is 5.73 Å². The molecule has 0 aromatic heterocycles. The van der Waals surface area contributed by atoms with Gasteiger partial charge >= 0.3 is 6.09 Å². The van der Waals surface area contributed by atoms with E-state index in [1.165, 1.54) is 6.07 Å². The fraction of sp³-hybridized carbons (Fsp3) is 0.500. The normalized spacial score (nSPS) is 12.8. The zero-order valence-electron chi connectivity index (χ0n) is 12.0. The number of nitrogens with one attached hydrogen (secondary N) is 1. The third-order valence-electron chi connectivity index (χ3n) is 2.44. The number of benzene rings is 1. The number of amides is 1. The number of phenolic OH excluding ortho intramolecular Hbond substituents is 1. The second-order valence-electron chi connectivity index (χ2n) is 5.57. The van der Waals surface area contributed by atoms with Gasteiger partial charge in [0, 0.05) is 6.54 Å². The van der Waals surface area contributed by atoms with Gasteiger partial charge in [0.05, 0.1) is 11.8 Å². The molecule has 0 heterocycles. The van der Waals surface area contributed by atoms with Crippen LogP contribution in [0.3, 0.4) is 0 Å². The van der Waals surface area contributed by atoms with Gasteiger partial charge in [-0.15, -0.1) is 0 Å². The fourth-order valence-electron chi connectivity index (χ4n) is 1.58. The van der Waals surface area contributed by atoms with Gasteiger partial charge in [0.2, 0.25) is 0 Å². The Kier molecular flexibility index (Phi) is 5.35. The number of carbonyl (C=O) groups excluding carboxylic acids is 1. The number of nitrogens with two attached hydrogens (primary N) is 1. The van der Waals surface area contributed by atoms with Gasteiger partial charge in [0.1, 0.15) is 11.4 Å². The van der Waals surface area contributed by atoms with Crippen molar-refractivity contribution in [2.45, 2.75) is 38.9 Å². The molecule has 1 unspecified atom stereocenters. The van der Waals surface area contributed by atoms with Gasteiger partial charge < -0.3 is 20.7 Å². The van der Waals surface area contributed by atoms with Gasteiger partial charge in [0.25, 0.3) is 0 Å². The Morgan fingerprint density at radius 3 is 2.65 bits per heavy atom. The first-order valence-corrected chi connectivity index (χ1v) is 6.41. The predicted molar refractivity (Wildman–Crippen MR) is 76.7 cm³/mol. The summed E-state index contributed by atoms with van der Waals surface area (Å²) in [5.74, 6) is -0.0677. The molecule has 0 saturated heterocycles. The molecule has 0 bridgehead atoms. The summed E-state index contributed by atoms with van der Waals surface area (Å²) in [6, 6.07) is 4.69. The average molecular weight is 282 g/mol. The summed E-state index contributed by atoms with van der Waals surface area (Å²) in [5, 5.41) is 21.7. The molecule has 1 aromatic rings. The van der Waals surface area contributed by atoms with Gasteiger partial charge in [-0.25, -0.2) is 4.79 Å². The van der Waals surface area contributed by atoms with Crippen LogP contribution >= 0.6 is 0 Å². The number of hydrogen-bond donors (Lipinski definition) is 4. The van der Waals surface area contributed by atoms with Crippen LogP contribution in [0, 0.1) is 0 Å². The lowest BCUT2D eigenvalue weighted by molar-refractivity contribution is 0.0635. The van der Waals surface area contributed by atoms with Crippen molar-refractivity contribution in [2.75, 3.05) is 11.9 Å². The van der Waals surface area contributed by atoms with E-state index < -0.39 is 17.8 Å². The van der Waals surface area contributed by atoms with E-state index in [0.717, 1.165) is 5.56 Å². The summed E-state index contributed by atoms with van der Waals surface area (Å²) in [5.41, 5.74) is 5.72. The van der Waals surface area contributed by atoms with Crippen LogP contribution < -0.4 is 11.1 Å². The maximum atomic E-state index is 11.7. The third kappa shape index (κ3) is 5.46.